The summed E-state index contributed by atoms with van der Waals surface area (Å²) in [5.41, 5.74) is 0.974. The van der Waals surface area contributed by atoms with Crippen LogP contribution in [0, 0.1) is 0 Å². The topological polar surface area (TPSA) is 54.0 Å². The van der Waals surface area contributed by atoms with Crippen molar-refractivity contribution in [1.29, 1.82) is 0 Å². The molecule has 0 aliphatic carbocycles. The summed E-state index contributed by atoms with van der Waals surface area (Å²) in [6.45, 7) is 10.7. The van der Waals surface area contributed by atoms with Gasteiger partial charge in [0.1, 0.15) is 0 Å². The second-order valence-electron chi connectivity index (χ2n) is 10.2. The molecule has 6 heteroatoms. The molecule has 3 rings (SSSR count). The zero-order valence-electron chi connectivity index (χ0n) is 22.3. The number of rotatable bonds is 12. The van der Waals surface area contributed by atoms with Gasteiger partial charge in [-0.1, -0.05) is 93.1 Å². The van der Waals surface area contributed by atoms with Crippen molar-refractivity contribution < 1.29 is 23.4 Å². The van der Waals surface area contributed by atoms with Crippen LogP contribution in [0.1, 0.15) is 59.8 Å². The van der Waals surface area contributed by atoms with E-state index in [1.165, 1.54) is 10.4 Å². The Bertz CT molecular complexity index is 907. The van der Waals surface area contributed by atoms with E-state index >= 15 is 0 Å². The molecule has 196 valence electrons. The van der Waals surface area contributed by atoms with Crippen LogP contribution in [0.2, 0.25) is 5.04 Å². The highest BCUT2D eigenvalue weighted by Gasteiger charge is 2.49. The maximum atomic E-state index is 12.3. The zero-order chi connectivity index (χ0) is 25.9. The van der Waals surface area contributed by atoms with E-state index in [1.807, 2.05) is 19.1 Å². The van der Waals surface area contributed by atoms with Gasteiger partial charge in [0.25, 0.3) is 8.32 Å². The van der Waals surface area contributed by atoms with Crippen molar-refractivity contribution in [2.75, 3.05) is 26.4 Å². The molecule has 1 heterocycles. The molecule has 1 fully saturated rings. The van der Waals surface area contributed by atoms with Crippen LogP contribution in [0.4, 0.5) is 0 Å². The Morgan fingerprint density at radius 2 is 1.67 bits per heavy atom. The Morgan fingerprint density at radius 1 is 1.03 bits per heavy atom. The minimum Gasteiger partial charge on any atom is -0.466 e. The van der Waals surface area contributed by atoms with Gasteiger partial charge in [0.05, 0.1) is 26.2 Å². The van der Waals surface area contributed by atoms with Gasteiger partial charge in [0, 0.05) is 6.61 Å². The van der Waals surface area contributed by atoms with Crippen molar-refractivity contribution in [3.05, 3.63) is 72.3 Å². The Morgan fingerprint density at radius 3 is 2.19 bits per heavy atom. The number of carbonyl (C=O) groups excluding carboxylic acids is 1. The zero-order valence-corrected chi connectivity index (χ0v) is 23.3. The summed E-state index contributed by atoms with van der Waals surface area (Å²) < 4.78 is 23.8. The lowest BCUT2D eigenvalue weighted by Crippen LogP contribution is -2.66. The van der Waals surface area contributed by atoms with E-state index in [0.29, 0.717) is 26.2 Å². The van der Waals surface area contributed by atoms with E-state index in [4.69, 9.17) is 18.6 Å². The van der Waals surface area contributed by atoms with Crippen LogP contribution >= 0.6 is 0 Å². The Labute approximate surface area is 217 Å². The average molecular weight is 511 g/mol. The normalized spacial score (nSPS) is 17.1. The molecule has 36 heavy (non-hydrogen) atoms. The largest absolute Gasteiger partial charge is 0.466 e. The van der Waals surface area contributed by atoms with Crippen molar-refractivity contribution in [2.45, 2.75) is 71.1 Å². The Balaban J connectivity index is 1.82. The number of hydrogen-bond donors (Lipinski definition) is 0. The van der Waals surface area contributed by atoms with Gasteiger partial charge in [-0.3, -0.25) is 4.79 Å². The molecule has 1 atom stereocenters. The van der Waals surface area contributed by atoms with E-state index in [1.54, 1.807) is 0 Å². The fourth-order valence-electron chi connectivity index (χ4n) is 4.87. The Hall–Kier alpha value is -2.25. The molecule has 1 aliphatic heterocycles. The molecule has 1 unspecified atom stereocenters. The van der Waals surface area contributed by atoms with Gasteiger partial charge < -0.3 is 18.6 Å². The van der Waals surface area contributed by atoms with Gasteiger partial charge in [-0.2, -0.15) is 0 Å². The van der Waals surface area contributed by atoms with E-state index in [0.717, 1.165) is 31.4 Å². The van der Waals surface area contributed by atoms with Crippen molar-refractivity contribution in [3.63, 3.8) is 0 Å². The van der Waals surface area contributed by atoms with Crippen LogP contribution in [0.25, 0.3) is 0 Å². The van der Waals surface area contributed by atoms with E-state index in [9.17, 15) is 4.79 Å². The monoisotopic (exact) mass is 510 g/mol. The van der Waals surface area contributed by atoms with Gasteiger partial charge in [0.15, 0.2) is 6.29 Å². The molecule has 1 saturated heterocycles. The summed E-state index contributed by atoms with van der Waals surface area (Å²) in [5.74, 6) is -0.219. The highest BCUT2D eigenvalue weighted by atomic mass is 28.4. The quantitative estimate of drug-likeness (QED) is 0.218. The highest BCUT2D eigenvalue weighted by molar-refractivity contribution is 6.99. The van der Waals surface area contributed by atoms with Gasteiger partial charge in [0.2, 0.25) is 0 Å². The van der Waals surface area contributed by atoms with Crippen molar-refractivity contribution >= 4 is 24.7 Å². The van der Waals surface area contributed by atoms with Gasteiger partial charge >= 0.3 is 5.97 Å². The van der Waals surface area contributed by atoms with Gasteiger partial charge in [-0.05, 0) is 48.0 Å². The third-order valence-corrected chi connectivity index (χ3v) is 11.6. The molecule has 0 spiro atoms. The van der Waals surface area contributed by atoms with Crippen LogP contribution in [0.5, 0.6) is 0 Å². The predicted octanol–water partition coefficient (Wildman–Crippen LogP) is 5.38. The van der Waals surface area contributed by atoms with Crippen molar-refractivity contribution in [1.82, 2.24) is 0 Å². The smallest absolute Gasteiger partial charge is 0.309 e. The first-order chi connectivity index (χ1) is 17.4. The first-order valence-corrected chi connectivity index (χ1v) is 15.1. The Kier molecular flexibility index (Phi) is 10.9. The lowest BCUT2D eigenvalue weighted by Gasteiger charge is -2.42. The van der Waals surface area contributed by atoms with Crippen LogP contribution in [0.3, 0.4) is 0 Å². The molecule has 0 bridgehead atoms. The lowest BCUT2D eigenvalue weighted by atomic mass is 10.1. The fourth-order valence-corrected chi connectivity index (χ4v) is 9.36. The van der Waals surface area contributed by atoms with E-state index < -0.39 is 8.32 Å². The van der Waals surface area contributed by atoms with Crippen molar-refractivity contribution in [3.8, 4) is 0 Å². The van der Waals surface area contributed by atoms with Crippen LogP contribution in [-0.4, -0.2) is 47.0 Å². The van der Waals surface area contributed by atoms with Gasteiger partial charge in [-0.25, -0.2) is 0 Å². The standard InChI is InChI=1S/C30H42O5Si/c1-5-32-28(31)24-25(19-22-34-29-18-12-13-21-33-29)20-23-35-36(30(2,3)4,26-14-8-6-9-15-26)27-16-10-7-11-17-27/h6-11,14-17,20,29H,5,12-13,18-19,21-24H2,1-4H3/b25-20-. The molecule has 0 radical (unpaired) electrons. The average Bonchev–Trinajstić information content (AvgIpc) is 2.87. The maximum Gasteiger partial charge on any atom is 0.309 e. The van der Waals surface area contributed by atoms with Crippen LogP contribution in [-0.2, 0) is 23.4 Å². The van der Waals surface area contributed by atoms with Crippen molar-refractivity contribution in [2.24, 2.45) is 0 Å². The van der Waals surface area contributed by atoms with Crippen LogP contribution < -0.4 is 10.4 Å². The fraction of sp³-hybridized carbons (Fsp3) is 0.500. The summed E-state index contributed by atoms with van der Waals surface area (Å²) in [6, 6.07) is 21.2. The lowest BCUT2D eigenvalue weighted by molar-refractivity contribution is -0.161. The molecule has 0 saturated carbocycles. The SMILES string of the molecule is CCOC(=O)C/C(=C\CO[Si](c1ccccc1)(c1ccccc1)C(C)(C)C)CCOC1CCCCO1. The van der Waals surface area contributed by atoms with Gasteiger partial charge in [-0.15, -0.1) is 0 Å². The summed E-state index contributed by atoms with van der Waals surface area (Å²) >= 11 is 0. The number of esters is 1. The molecule has 0 aromatic heterocycles. The summed E-state index contributed by atoms with van der Waals surface area (Å²) in [4.78, 5) is 12.3. The number of ether oxygens (including phenoxy) is 3. The molecule has 1 aliphatic rings. The number of benzene rings is 2. The predicted molar refractivity (Wildman–Crippen MR) is 147 cm³/mol. The first kappa shape index (κ1) is 28.3. The molecule has 0 amide bonds. The molecular weight excluding hydrogens is 468 g/mol. The molecule has 2 aromatic rings. The minimum absolute atomic E-state index is 0.105. The second-order valence-corrected chi connectivity index (χ2v) is 14.5. The first-order valence-electron chi connectivity index (χ1n) is 13.2. The summed E-state index contributed by atoms with van der Waals surface area (Å²) in [7, 11) is -2.64. The van der Waals surface area contributed by atoms with E-state index in [2.05, 4.69) is 75.4 Å². The number of carbonyl (C=O) groups is 1. The third-order valence-electron chi connectivity index (χ3n) is 6.63. The molecular formula is C30H42O5Si. The molecule has 2 aromatic carbocycles. The van der Waals surface area contributed by atoms with Crippen LogP contribution in [0.15, 0.2) is 72.3 Å². The summed E-state index contributed by atoms with van der Waals surface area (Å²) in [6.07, 6.45) is 5.94. The maximum absolute atomic E-state index is 12.3. The second kappa shape index (κ2) is 13.9. The summed E-state index contributed by atoms with van der Waals surface area (Å²) in [5, 5.41) is 2.37. The highest BCUT2D eigenvalue weighted by Crippen LogP contribution is 2.36. The number of hydrogen-bond acceptors (Lipinski definition) is 5. The molecule has 0 N–H and O–H groups in total. The molecule has 5 nitrogen and oxygen atoms in total. The third kappa shape index (κ3) is 7.62. The minimum atomic E-state index is -2.64. The van der Waals surface area contributed by atoms with E-state index in [-0.39, 0.29) is 23.7 Å².